The second-order valence-corrected chi connectivity index (χ2v) is 6.22. The summed E-state index contributed by atoms with van der Waals surface area (Å²) in [6, 6.07) is 0.796. The molecule has 2 aliphatic rings. The zero-order valence-electron chi connectivity index (χ0n) is 9.66. The van der Waals surface area contributed by atoms with E-state index in [2.05, 4.69) is 44.7 Å². The van der Waals surface area contributed by atoms with E-state index in [0.717, 1.165) is 19.1 Å². The molecule has 2 saturated heterocycles. The SMILES string of the molecule is CC1CN(C2CCN(I)CC2)CC(C)O1. The van der Waals surface area contributed by atoms with Crippen LogP contribution in [0.15, 0.2) is 0 Å². The fourth-order valence-electron chi connectivity index (χ4n) is 2.72. The van der Waals surface area contributed by atoms with E-state index in [1.807, 2.05) is 0 Å². The van der Waals surface area contributed by atoms with Crippen molar-refractivity contribution in [1.29, 1.82) is 0 Å². The van der Waals surface area contributed by atoms with Gasteiger partial charge in [-0.15, -0.1) is 0 Å². The monoisotopic (exact) mass is 324 g/mol. The van der Waals surface area contributed by atoms with Gasteiger partial charge in [0.2, 0.25) is 0 Å². The van der Waals surface area contributed by atoms with Gasteiger partial charge in [-0.1, -0.05) is 0 Å². The number of rotatable bonds is 1. The van der Waals surface area contributed by atoms with E-state index in [9.17, 15) is 0 Å². The summed E-state index contributed by atoms with van der Waals surface area (Å²) in [5.41, 5.74) is 0. The molecule has 0 saturated carbocycles. The zero-order chi connectivity index (χ0) is 10.8. The third kappa shape index (κ3) is 3.28. The zero-order valence-corrected chi connectivity index (χ0v) is 11.8. The molecular formula is C11H21IN2O. The molecule has 0 amide bonds. The maximum absolute atomic E-state index is 5.77. The standard InChI is InChI=1S/C11H21IN2O/c1-9-7-13(8-10(2)15-9)11-3-5-14(12)6-4-11/h9-11H,3-8H2,1-2H3. The van der Waals surface area contributed by atoms with Gasteiger partial charge in [-0.3, -0.25) is 4.90 Å². The Morgan fingerprint density at radius 3 is 2.13 bits per heavy atom. The molecule has 2 fully saturated rings. The summed E-state index contributed by atoms with van der Waals surface area (Å²) in [7, 11) is 0. The van der Waals surface area contributed by atoms with E-state index in [0.29, 0.717) is 12.2 Å². The van der Waals surface area contributed by atoms with Crippen molar-refractivity contribution < 1.29 is 4.74 Å². The first-order valence-corrected chi connectivity index (χ1v) is 6.92. The number of ether oxygens (including phenoxy) is 1. The summed E-state index contributed by atoms with van der Waals surface area (Å²) in [6.07, 6.45) is 3.46. The van der Waals surface area contributed by atoms with Crippen LogP contribution >= 0.6 is 22.9 Å². The Morgan fingerprint density at radius 1 is 1.07 bits per heavy atom. The fraction of sp³-hybridized carbons (Fsp3) is 1.00. The molecule has 0 aliphatic carbocycles. The van der Waals surface area contributed by atoms with Crippen molar-refractivity contribution >= 4 is 22.9 Å². The molecule has 88 valence electrons. The second kappa shape index (κ2) is 5.29. The lowest BCUT2D eigenvalue weighted by atomic mass is 10.0. The molecule has 0 N–H and O–H groups in total. The number of morpholine rings is 1. The van der Waals surface area contributed by atoms with Crippen LogP contribution in [0, 0.1) is 0 Å². The molecule has 15 heavy (non-hydrogen) atoms. The molecule has 2 heterocycles. The number of hydrogen-bond donors (Lipinski definition) is 0. The average Bonchev–Trinajstić information content (AvgIpc) is 2.17. The predicted octanol–water partition coefficient (Wildman–Crippen LogP) is 1.91. The third-order valence-electron chi connectivity index (χ3n) is 3.37. The molecule has 0 radical (unpaired) electrons. The highest BCUT2D eigenvalue weighted by molar-refractivity contribution is 14.1. The Kier molecular flexibility index (Phi) is 4.26. The Morgan fingerprint density at radius 2 is 1.60 bits per heavy atom. The van der Waals surface area contributed by atoms with Gasteiger partial charge in [-0.2, -0.15) is 0 Å². The predicted molar refractivity (Wildman–Crippen MR) is 70.2 cm³/mol. The molecule has 0 aromatic carbocycles. The number of nitrogens with zero attached hydrogens (tertiary/aromatic N) is 2. The lowest BCUT2D eigenvalue weighted by Crippen LogP contribution is -2.52. The van der Waals surface area contributed by atoms with Crippen molar-refractivity contribution in [3.8, 4) is 0 Å². The minimum atomic E-state index is 0.409. The normalized spacial score (nSPS) is 37.0. The van der Waals surface area contributed by atoms with Gasteiger partial charge < -0.3 is 4.74 Å². The molecule has 2 aliphatic heterocycles. The lowest BCUT2D eigenvalue weighted by Gasteiger charge is -2.42. The van der Waals surface area contributed by atoms with E-state index in [4.69, 9.17) is 4.74 Å². The van der Waals surface area contributed by atoms with E-state index in [1.54, 1.807) is 0 Å². The maximum atomic E-state index is 5.77. The first kappa shape index (κ1) is 12.1. The van der Waals surface area contributed by atoms with Crippen LogP contribution in [0.5, 0.6) is 0 Å². The summed E-state index contributed by atoms with van der Waals surface area (Å²) < 4.78 is 8.18. The van der Waals surface area contributed by atoms with Gasteiger partial charge in [0.05, 0.1) is 12.2 Å². The second-order valence-electron chi connectivity index (χ2n) is 4.85. The van der Waals surface area contributed by atoms with Gasteiger partial charge in [0, 0.05) is 55.1 Å². The highest BCUT2D eigenvalue weighted by atomic mass is 127. The largest absolute Gasteiger partial charge is 0.373 e. The molecule has 2 unspecified atom stereocenters. The van der Waals surface area contributed by atoms with Gasteiger partial charge in [0.1, 0.15) is 0 Å². The van der Waals surface area contributed by atoms with Gasteiger partial charge in [-0.25, -0.2) is 3.11 Å². The molecule has 3 nitrogen and oxygen atoms in total. The summed E-state index contributed by atoms with van der Waals surface area (Å²) in [5.74, 6) is 0. The number of hydrogen-bond acceptors (Lipinski definition) is 3. The summed E-state index contributed by atoms with van der Waals surface area (Å²) in [6.45, 7) is 9.11. The number of halogens is 1. The quantitative estimate of drug-likeness (QED) is 0.541. The lowest BCUT2D eigenvalue weighted by molar-refractivity contribution is -0.0843. The van der Waals surface area contributed by atoms with Gasteiger partial charge >= 0.3 is 0 Å². The topological polar surface area (TPSA) is 15.7 Å². The van der Waals surface area contributed by atoms with Crippen LogP contribution in [-0.4, -0.2) is 52.4 Å². The molecule has 0 spiro atoms. The molecule has 2 atom stereocenters. The Bertz CT molecular complexity index is 197. The fourth-order valence-corrected chi connectivity index (χ4v) is 3.27. The first-order chi connectivity index (χ1) is 7.15. The smallest absolute Gasteiger partial charge is 0.0678 e. The van der Waals surface area contributed by atoms with Crippen molar-refractivity contribution in [3.05, 3.63) is 0 Å². The molecule has 0 bridgehead atoms. The minimum absolute atomic E-state index is 0.409. The Balaban J connectivity index is 1.87. The van der Waals surface area contributed by atoms with E-state index >= 15 is 0 Å². The van der Waals surface area contributed by atoms with Crippen molar-refractivity contribution in [2.45, 2.75) is 44.9 Å². The van der Waals surface area contributed by atoms with Gasteiger partial charge in [-0.05, 0) is 26.7 Å². The average molecular weight is 324 g/mol. The first-order valence-electron chi connectivity index (χ1n) is 5.95. The van der Waals surface area contributed by atoms with E-state index in [-0.39, 0.29) is 0 Å². The van der Waals surface area contributed by atoms with Crippen LogP contribution < -0.4 is 0 Å². The molecule has 0 aromatic rings. The van der Waals surface area contributed by atoms with Crippen molar-refractivity contribution in [3.63, 3.8) is 0 Å². The van der Waals surface area contributed by atoms with E-state index in [1.165, 1.54) is 25.9 Å². The number of piperidine rings is 1. The van der Waals surface area contributed by atoms with Crippen molar-refractivity contribution in [1.82, 2.24) is 8.01 Å². The highest BCUT2D eigenvalue weighted by Crippen LogP contribution is 2.22. The van der Waals surface area contributed by atoms with E-state index < -0.39 is 0 Å². The van der Waals surface area contributed by atoms with Crippen LogP contribution in [0.3, 0.4) is 0 Å². The minimum Gasteiger partial charge on any atom is -0.373 e. The summed E-state index contributed by atoms with van der Waals surface area (Å²) >= 11 is 2.44. The van der Waals surface area contributed by atoms with Crippen LogP contribution in [0.2, 0.25) is 0 Å². The van der Waals surface area contributed by atoms with Crippen LogP contribution in [0.1, 0.15) is 26.7 Å². The summed E-state index contributed by atoms with van der Waals surface area (Å²) in [5, 5.41) is 0. The maximum Gasteiger partial charge on any atom is 0.0678 e. The van der Waals surface area contributed by atoms with Crippen molar-refractivity contribution in [2.24, 2.45) is 0 Å². The Hall–Kier alpha value is 0.610. The van der Waals surface area contributed by atoms with Crippen LogP contribution in [-0.2, 0) is 4.74 Å². The highest BCUT2D eigenvalue weighted by Gasteiger charge is 2.29. The molecule has 2 rings (SSSR count). The van der Waals surface area contributed by atoms with Crippen molar-refractivity contribution in [2.75, 3.05) is 26.2 Å². The van der Waals surface area contributed by atoms with Crippen LogP contribution in [0.25, 0.3) is 0 Å². The Labute approximate surface area is 107 Å². The molecule has 0 aromatic heterocycles. The summed E-state index contributed by atoms with van der Waals surface area (Å²) in [4.78, 5) is 2.64. The van der Waals surface area contributed by atoms with Gasteiger partial charge in [0.25, 0.3) is 0 Å². The molecular weight excluding hydrogens is 303 g/mol. The molecule has 4 heteroatoms. The third-order valence-corrected chi connectivity index (χ3v) is 4.34. The van der Waals surface area contributed by atoms with Gasteiger partial charge in [0.15, 0.2) is 0 Å². The van der Waals surface area contributed by atoms with Crippen LogP contribution in [0.4, 0.5) is 0 Å².